The maximum Gasteiger partial charge on any atom is 0.405 e. The minimum atomic E-state index is -4.54. The number of benzene rings is 1. The molecule has 0 atom stereocenters. The first kappa shape index (κ1) is 18.8. The van der Waals surface area contributed by atoms with E-state index in [0.29, 0.717) is 5.16 Å². The molecule has 0 saturated heterocycles. The third kappa shape index (κ3) is 5.78. The number of carbonyl (C=O) groups is 2. The number of halogens is 3. The van der Waals surface area contributed by atoms with Gasteiger partial charge in [-0.2, -0.15) is 13.2 Å². The lowest BCUT2D eigenvalue weighted by Gasteiger charge is -2.10. The molecule has 0 spiro atoms. The van der Waals surface area contributed by atoms with Crippen LogP contribution in [0.3, 0.4) is 0 Å². The summed E-state index contributed by atoms with van der Waals surface area (Å²) < 4.78 is 37.6. The van der Waals surface area contributed by atoms with E-state index in [-0.39, 0.29) is 5.75 Å². The van der Waals surface area contributed by atoms with Gasteiger partial charge in [0.15, 0.2) is 5.16 Å². The van der Waals surface area contributed by atoms with Crippen molar-refractivity contribution in [2.45, 2.75) is 18.3 Å². The van der Waals surface area contributed by atoms with Gasteiger partial charge in [0.1, 0.15) is 12.9 Å². The van der Waals surface area contributed by atoms with Crippen LogP contribution in [0.2, 0.25) is 0 Å². The number of imide groups is 1. The normalized spacial score (nSPS) is 11.2. The summed E-state index contributed by atoms with van der Waals surface area (Å²) in [5.74, 6) is -0.951. The van der Waals surface area contributed by atoms with E-state index in [1.165, 1.54) is 6.33 Å². The Labute approximate surface area is 145 Å². The first-order valence-corrected chi connectivity index (χ1v) is 7.98. The summed E-state index contributed by atoms with van der Waals surface area (Å²) in [7, 11) is 0. The van der Waals surface area contributed by atoms with Gasteiger partial charge in [-0.05, 0) is 18.6 Å². The number of nitrogens with zero attached hydrogens (tertiary/aromatic N) is 3. The summed E-state index contributed by atoms with van der Waals surface area (Å²) in [4.78, 5) is 22.9. The standard InChI is InChI=1S/C14H14F3N5O2S/c1-9-4-2-3-5-10(9)22-8-19-21-13(22)25-6-11(23)20-12(24)18-7-14(15,16)17/h2-5,8H,6-7H2,1H3,(H2,18,20,23,24). The molecule has 11 heteroatoms. The lowest BCUT2D eigenvalue weighted by atomic mass is 10.2. The van der Waals surface area contributed by atoms with Crippen LogP contribution in [-0.4, -0.2) is 45.2 Å². The van der Waals surface area contributed by atoms with Gasteiger partial charge in [-0.15, -0.1) is 10.2 Å². The Morgan fingerprint density at radius 1 is 1.28 bits per heavy atom. The van der Waals surface area contributed by atoms with Crippen molar-refractivity contribution in [3.05, 3.63) is 36.2 Å². The Hall–Kier alpha value is -2.56. The van der Waals surface area contributed by atoms with Gasteiger partial charge in [0.05, 0.1) is 11.4 Å². The molecule has 2 aromatic rings. The van der Waals surface area contributed by atoms with Crippen LogP contribution >= 0.6 is 11.8 Å². The van der Waals surface area contributed by atoms with Crippen molar-refractivity contribution in [1.82, 2.24) is 25.4 Å². The summed E-state index contributed by atoms with van der Waals surface area (Å²) in [6.07, 6.45) is -3.06. The highest BCUT2D eigenvalue weighted by Gasteiger charge is 2.28. The molecule has 7 nitrogen and oxygen atoms in total. The quantitative estimate of drug-likeness (QED) is 0.783. The minimum Gasteiger partial charge on any atom is -0.329 e. The largest absolute Gasteiger partial charge is 0.405 e. The van der Waals surface area contributed by atoms with Crippen molar-refractivity contribution in [2.24, 2.45) is 0 Å². The highest BCUT2D eigenvalue weighted by Crippen LogP contribution is 2.21. The van der Waals surface area contributed by atoms with Crippen LogP contribution in [0.5, 0.6) is 0 Å². The van der Waals surface area contributed by atoms with E-state index < -0.39 is 24.7 Å². The number of carbonyl (C=O) groups excluding carboxylic acids is 2. The van der Waals surface area contributed by atoms with Crippen LogP contribution in [0.15, 0.2) is 35.7 Å². The first-order chi connectivity index (χ1) is 11.8. The molecule has 1 aromatic heterocycles. The predicted molar refractivity (Wildman–Crippen MR) is 84.4 cm³/mol. The molecule has 0 saturated carbocycles. The number of aryl methyl sites for hydroxylation is 1. The number of alkyl halides is 3. The number of urea groups is 1. The van der Waals surface area contributed by atoms with Gasteiger partial charge in [-0.25, -0.2) is 4.79 Å². The molecule has 2 N–H and O–H groups in total. The minimum absolute atomic E-state index is 0.204. The molecule has 0 fully saturated rings. The lowest BCUT2D eigenvalue weighted by molar-refractivity contribution is -0.124. The fourth-order valence-electron chi connectivity index (χ4n) is 1.84. The van der Waals surface area contributed by atoms with Crippen molar-refractivity contribution >= 4 is 23.7 Å². The fraction of sp³-hybridized carbons (Fsp3) is 0.286. The molecule has 2 rings (SSSR count). The number of nitrogens with one attached hydrogen (secondary N) is 2. The van der Waals surface area contributed by atoms with Crippen molar-refractivity contribution in [3.8, 4) is 5.69 Å². The zero-order valence-corrected chi connectivity index (χ0v) is 13.8. The van der Waals surface area contributed by atoms with Crippen LogP contribution in [0.1, 0.15) is 5.56 Å². The Morgan fingerprint density at radius 2 is 2.00 bits per heavy atom. The fourth-order valence-corrected chi connectivity index (χ4v) is 2.56. The monoisotopic (exact) mass is 373 g/mol. The SMILES string of the molecule is Cc1ccccc1-n1cnnc1SCC(=O)NC(=O)NCC(F)(F)F. The lowest BCUT2D eigenvalue weighted by Crippen LogP contribution is -2.43. The van der Waals surface area contributed by atoms with E-state index in [1.807, 2.05) is 36.5 Å². The van der Waals surface area contributed by atoms with Crippen LogP contribution in [0, 0.1) is 6.92 Å². The van der Waals surface area contributed by atoms with Gasteiger partial charge in [-0.1, -0.05) is 30.0 Å². The Kier molecular flexibility index (Phi) is 6.02. The third-order valence-corrected chi connectivity index (χ3v) is 3.87. The Bertz CT molecular complexity index is 763. The van der Waals surface area contributed by atoms with Gasteiger partial charge in [0.25, 0.3) is 0 Å². The summed E-state index contributed by atoms with van der Waals surface area (Å²) in [6.45, 7) is 0.391. The molecule has 3 amide bonds. The van der Waals surface area contributed by atoms with Gasteiger partial charge in [0, 0.05) is 0 Å². The van der Waals surface area contributed by atoms with E-state index in [9.17, 15) is 22.8 Å². The zero-order chi connectivity index (χ0) is 18.4. The molecule has 0 aliphatic heterocycles. The van der Waals surface area contributed by atoms with Crippen molar-refractivity contribution in [1.29, 1.82) is 0 Å². The van der Waals surface area contributed by atoms with Gasteiger partial charge in [0.2, 0.25) is 5.91 Å². The van der Waals surface area contributed by atoms with E-state index in [2.05, 4.69) is 10.2 Å². The molecular weight excluding hydrogens is 359 g/mol. The van der Waals surface area contributed by atoms with E-state index in [0.717, 1.165) is 23.0 Å². The Morgan fingerprint density at radius 3 is 2.68 bits per heavy atom. The number of hydrogen-bond donors (Lipinski definition) is 2. The maximum absolute atomic E-state index is 12.0. The van der Waals surface area contributed by atoms with Crippen LogP contribution in [0.25, 0.3) is 5.69 Å². The van der Waals surface area contributed by atoms with Crippen LogP contribution in [0.4, 0.5) is 18.0 Å². The summed E-state index contributed by atoms with van der Waals surface area (Å²) in [6, 6.07) is 6.27. The highest BCUT2D eigenvalue weighted by atomic mass is 32.2. The molecule has 1 heterocycles. The first-order valence-electron chi connectivity index (χ1n) is 6.99. The van der Waals surface area contributed by atoms with Crippen molar-refractivity contribution < 1.29 is 22.8 Å². The van der Waals surface area contributed by atoms with Gasteiger partial charge >= 0.3 is 12.2 Å². The topological polar surface area (TPSA) is 88.9 Å². The average molecular weight is 373 g/mol. The smallest absolute Gasteiger partial charge is 0.329 e. The van der Waals surface area contributed by atoms with Crippen molar-refractivity contribution in [2.75, 3.05) is 12.3 Å². The second-order valence-electron chi connectivity index (χ2n) is 4.90. The molecule has 0 aliphatic rings. The highest BCUT2D eigenvalue weighted by molar-refractivity contribution is 7.99. The summed E-state index contributed by atoms with van der Waals surface area (Å²) in [5, 5.41) is 11.5. The molecule has 1 aromatic carbocycles. The molecule has 0 unspecified atom stereocenters. The van der Waals surface area contributed by atoms with E-state index >= 15 is 0 Å². The second-order valence-corrected chi connectivity index (χ2v) is 5.85. The molecule has 0 radical (unpaired) electrons. The molecular formula is C14H14F3N5O2S. The van der Waals surface area contributed by atoms with Crippen LogP contribution in [-0.2, 0) is 4.79 Å². The molecule has 134 valence electrons. The second kappa shape index (κ2) is 8.01. The molecule has 0 aliphatic carbocycles. The number of para-hydroxylation sites is 1. The van der Waals surface area contributed by atoms with Crippen molar-refractivity contribution in [3.63, 3.8) is 0 Å². The van der Waals surface area contributed by atoms with E-state index in [1.54, 1.807) is 9.88 Å². The third-order valence-electron chi connectivity index (χ3n) is 2.93. The summed E-state index contributed by atoms with van der Waals surface area (Å²) >= 11 is 1.01. The summed E-state index contributed by atoms with van der Waals surface area (Å²) in [5.41, 5.74) is 1.80. The van der Waals surface area contributed by atoms with Gasteiger partial charge in [-0.3, -0.25) is 14.7 Å². The molecule has 25 heavy (non-hydrogen) atoms. The average Bonchev–Trinajstić information content (AvgIpc) is 2.99. The van der Waals surface area contributed by atoms with Gasteiger partial charge < -0.3 is 5.32 Å². The Balaban J connectivity index is 1.90. The predicted octanol–water partition coefficient (Wildman–Crippen LogP) is 2.06. The molecule has 0 bridgehead atoms. The number of amides is 3. The zero-order valence-electron chi connectivity index (χ0n) is 13.0. The number of aromatic nitrogens is 3. The number of hydrogen-bond acceptors (Lipinski definition) is 5. The van der Waals surface area contributed by atoms with E-state index in [4.69, 9.17) is 0 Å². The number of thioether (sulfide) groups is 1. The van der Waals surface area contributed by atoms with Crippen LogP contribution < -0.4 is 10.6 Å². The number of rotatable bonds is 5. The maximum atomic E-state index is 12.0.